The van der Waals surface area contributed by atoms with Crippen molar-refractivity contribution in [3.63, 3.8) is 0 Å². The lowest BCUT2D eigenvalue weighted by molar-refractivity contribution is -0.143. The van der Waals surface area contributed by atoms with E-state index >= 15 is 0 Å². The third-order valence-corrected chi connectivity index (χ3v) is 5.12. The molecule has 0 aliphatic heterocycles. The monoisotopic (exact) mass is 368 g/mol. The standard InChI is InChI=1S/C18H16N4O3S/c23-15(14-7-6-12-3-1-4-13(12)9-14)11-25-17(24)10-22-20-18(19-21-22)16-5-2-8-26-16/h2,5-9H,1,3-4,10-11H2. The Balaban J connectivity index is 1.32. The summed E-state index contributed by atoms with van der Waals surface area (Å²) in [5.74, 6) is -0.324. The minimum atomic E-state index is -0.574. The summed E-state index contributed by atoms with van der Waals surface area (Å²) >= 11 is 1.49. The molecule has 1 aromatic carbocycles. The number of benzene rings is 1. The van der Waals surface area contributed by atoms with Gasteiger partial charge in [-0.1, -0.05) is 18.2 Å². The Bertz CT molecular complexity index is 949. The van der Waals surface area contributed by atoms with Gasteiger partial charge in [-0.3, -0.25) is 4.79 Å². The maximum atomic E-state index is 12.2. The number of aromatic nitrogens is 4. The van der Waals surface area contributed by atoms with Crippen LogP contribution in [0.15, 0.2) is 35.7 Å². The van der Waals surface area contributed by atoms with Gasteiger partial charge in [0.25, 0.3) is 0 Å². The minimum absolute atomic E-state index is 0.185. The number of carbonyl (C=O) groups is 2. The van der Waals surface area contributed by atoms with Crippen LogP contribution in [0, 0.1) is 0 Å². The third kappa shape index (κ3) is 3.55. The molecule has 0 spiro atoms. The van der Waals surface area contributed by atoms with Crippen LogP contribution in [0.25, 0.3) is 10.7 Å². The van der Waals surface area contributed by atoms with Crippen molar-refractivity contribution in [1.29, 1.82) is 0 Å². The zero-order valence-corrected chi connectivity index (χ0v) is 14.7. The minimum Gasteiger partial charge on any atom is -0.456 e. The highest BCUT2D eigenvalue weighted by molar-refractivity contribution is 7.13. The molecule has 8 heteroatoms. The summed E-state index contributed by atoms with van der Waals surface area (Å²) in [7, 11) is 0. The van der Waals surface area contributed by atoms with Gasteiger partial charge in [0.05, 0.1) is 4.88 Å². The first-order valence-electron chi connectivity index (χ1n) is 8.31. The number of ether oxygens (including phenoxy) is 1. The molecule has 1 aliphatic carbocycles. The van der Waals surface area contributed by atoms with E-state index in [1.807, 2.05) is 29.6 Å². The molecular weight excluding hydrogens is 352 g/mol. The van der Waals surface area contributed by atoms with Gasteiger partial charge >= 0.3 is 5.97 Å². The van der Waals surface area contributed by atoms with Crippen molar-refractivity contribution in [2.45, 2.75) is 25.8 Å². The van der Waals surface area contributed by atoms with Gasteiger partial charge in [0.1, 0.15) is 0 Å². The smallest absolute Gasteiger partial charge is 0.330 e. The van der Waals surface area contributed by atoms with E-state index in [4.69, 9.17) is 4.74 Å². The average Bonchev–Trinajstić information content (AvgIpc) is 3.38. The van der Waals surface area contributed by atoms with E-state index in [0.29, 0.717) is 11.4 Å². The predicted molar refractivity (Wildman–Crippen MR) is 94.9 cm³/mol. The molecule has 0 saturated carbocycles. The van der Waals surface area contributed by atoms with Gasteiger partial charge in [-0.15, -0.1) is 21.5 Å². The lowest BCUT2D eigenvalue weighted by Crippen LogP contribution is -2.20. The van der Waals surface area contributed by atoms with Crippen molar-refractivity contribution in [1.82, 2.24) is 20.2 Å². The summed E-state index contributed by atoms with van der Waals surface area (Å²) in [6.45, 7) is -0.472. The highest BCUT2D eigenvalue weighted by Crippen LogP contribution is 2.23. The number of hydrogen-bond donors (Lipinski definition) is 0. The van der Waals surface area contributed by atoms with Crippen LogP contribution in [-0.4, -0.2) is 38.6 Å². The summed E-state index contributed by atoms with van der Waals surface area (Å²) in [6, 6.07) is 9.46. The van der Waals surface area contributed by atoms with Crippen LogP contribution in [-0.2, 0) is 28.9 Å². The molecule has 0 unspecified atom stereocenters. The quantitative estimate of drug-likeness (QED) is 0.490. The molecule has 0 N–H and O–H groups in total. The van der Waals surface area contributed by atoms with E-state index < -0.39 is 5.97 Å². The van der Waals surface area contributed by atoms with Crippen LogP contribution in [0.5, 0.6) is 0 Å². The molecule has 4 rings (SSSR count). The maximum absolute atomic E-state index is 12.2. The Labute approximate surface area is 153 Å². The van der Waals surface area contributed by atoms with E-state index in [1.54, 1.807) is 6.07 Å². The molecule has 132 valence electrons. The molecule has 0 bridgehead atoms. The van der Waals surface area contributed by atoms with Crippen LogP contribution >= 0.6 is 11.3 Å². The van der Waals surface area contributed by atoms with Gasteiger partial charge in [-0.2, -0.15) is 4.80 Å². The second kappa shape index (κ2) is 7.17. The number of thiophene rings is 1. The fourth-order valence-corrected chi connectivity index (χ4v) is 3.60. The second-order valence-corrected chi connectivity index (χ2v) is 6.99. The number of ketones is 1. The molecule has 2 aromatic heterocycles. The molecule has 26 heavy (non-hydrogen) atoms. The molecule has 1 aliphatic rings. The van der Waals surface area contributed by atoms with Gasteiger partial charge in [0, 0.05) is 5.56 Å². The highest BCUT2D eigenvalue weighted by atomic mass is 32.1. The van der Waals surface area contributed by atoms with E-state index in [0.717, 1.165) is 28.9 Å². The first-order chi connectivity index (χ1) is 12.7. The largest absolute Gasteiger partial charge is 0.456 e. The lowest BCUT2D eigenvalue weighted by atomic mass is 10.0. The molecule has 0 atom stereocenters. The van der Waals surface area contributed by atoms with Crippen LogP contribution in [0.2, 0.25) is 0 Å². The Hall–Kier alpha value is -2.87. The number of fused-ring (bicyclic) bond motifs is 1. The normalized spacial score (nSPS) is 12.8. The van der Waals surface area contributed by atoms with Gasteiger partial charge in [0.2, 0.25) is 5.82 Å². The zero-order valence-electron chi connectivity index (χ0n) is 13.9. The number of esters is 1. The van der Waals surface area contributed by atoms with Gasteiger partial charge < -0.3 is 4.74 Å². The van der Waals surface area contributed by atoms with Crippen molar-refractivity contribution < 1.29 is 14.3 Å². The summed E-state index contributed by atoms with van der Waals surface area (Å²) < 4.78 is 5.07. The number of carbonyl (C=O) groups excluding carboxylic acids is 2. The van der Waals surface area contributed by atoms with Crippen LogP contribution < -0.4 is 0 Å². The van der Waals surface area contributed by atoms with Crippen LogP contribution in [0.4, 0.5) is 0 Å². The zero-order chi connectivity index (χ0) is 17.9. The molecule has 0 fully saturated rings. The van der Waals surface area contributed by atoms with Gasteiger partial charge in [-0.05, 0) is 53.1 Å². The molecule has 2 heterocycles. The Kier molecular flexibility index (Phi) is 4.57. The summed E-state index contributed by atoms with van der Waals surface area (Å²) in [6.07, 6.45) is 3.19. The topological polar surface area (TPSA) is 87.0 Å². The van der Waals surface area contributed by atoms with Crippen molar-refractivity contribution in [2.24, 2.45) is 0 Å². The SMILES string of the molecule is O=C(Cn1nnc(-c2cccs2)n1)OCC(=O)c1ccc2c(c1)CCC2. The summed E-state index contributed by atoms with van der Waals surface area (Å²) in [5, 5.41) is 13.8. The Morgan fingerprint density at radius 2 is 2.08 bits per heavy atom. The fraction of sp³-hybridized carbons (Fsp3) is 0.278. The van der Waals surface area contributed by atoms with E-state index in [2.05, 4.69) is 15.4 Å². The Morgan fingerprint density at radius 3 is 2.92 bits per heavy atom. The van der Waals surface area contributed by atoms with Crippen molar-refractivity contribution in [3.05, 3.63) is 52.4 Å². The van der Waals surface area contributed by atoms with Gasteiger partial charge in [0.15, 0.2) is 18.9 Å². The van der Waals surface area contributed by atoms with Crippen molar-refractivity contribution in [2.75, 3.05) is 6.61 Å². The van der Waals surface area contributed by atoms with Crippen LogP contribution in [0.3, 0.4) is 0 Å². The highest BCUT2D eigenvalue weighted by Gasteiger charge is 2.16. The third-order valence-electron chi connectivity index (χ3n) is 4.25. The molecule has 3 aromatic rings. The number of hydrogen-bond acceptors (Lipinski definition) is 7. The Morgan fingerprint density at radius 1 is 1.19 bits per heavy atom. The van der Waals surface area contributed by atoms with E-state index in [9.17, 15) is 9.59 Å². The molecule has 0 amide bonds. The van der Waals surface area contributed by atoms with Crippen molar-refractivity contribution in [3.8, 4) is 10.7 Å². The molecule has 0 radical (unpaired) electrons. The molecule has 7 nitrogen and oxygen atoms in total. The van der Waals surface area contributed by atoms with Crippen LogP contribution in [0.1, 0.15) is 27.9 Å². The van der Waals surface area contributed by atoms with E-state index in [-0.39, 0.29) is 18.9 Å². The summed E-state index contributed by atoms with van der Waals surface area (Å²) in [4.78, 5) is 26.2. The second-order valence-electron chi connectivity index (χ2n) is 6.04. The number of nitrogens with zero attached hydrogens (tertiary/aromatic N) is 4. The number of aryl methyl sites for hydroxylation is 2. The average molecular weight is 368 g/mol. The maximum Gasteiger partial charge on any atom is 0.330 e. The molecular formula is C18H16N4O3S. The number of tetrazole rings is 1. The van der Waals surface area contributed by atoms with Crippen molar-refractivity contribution >= 4 is 23.1 Å². The lowest BCUT2D eigenvalue weighted by Gasteiger charge is -2.06. The number of rotatable bonds is 6. The fourth-order valence-electron chi connectivity index (χ4n) is 2.95. The summed E-state index contributed by atoms with van der Waals surface area (Å²) in [5.41, 5.74) is 3.10. The predicted octanol–water partition coefficient (Wildman–Crippen LogP) is 2.32. The number of Topliss-reactive ketones (excluding diaryl/α,β-unsaturated/α-hetero) is 1. The van der Waals surface area contributed by atoms with Gasteiger partial charge in [-0.25, -0.2) is 4.79 Å². The molecule has 0 saturated heterocycles. The first-order valence-corrected chi connectivity index (χ1v) is 9.19. The van der Waals surface area contributed by atoms with E-state index in [1.165, 1.54) is 22.5 Å². The first kappa shape index (κ1) is 16.6.